The lowest BCUT2D eigenvalue weighted by Gasteiger charge is -2.20. The van der Waals surface area contributed by atoms with E-state index in [4.69, 9.17) is 13.9 Å². The Morgan fingerprint density at radius 3 is 2.45 bits per heavy atom. The SMILES string of the molecule is CCOc1ccc(C(C)NC(=NC)NCCCNC(=O)c2occc2C)cc1OCC. The molecular weight excluding hydrogens is 396 g/mol. The summed E-state index contributed by atoms with van der Waals surface area (Å²) in [5.74, 6) is 2.34. The number of hydrogen-bond acceptors (Lipinski definition) is 5. The molecule has 0 aliphatic carbocycles. The Morgan fingerprint density at radius 1 is 1.10 bits per heavy atom. The lowest BCUT2D eigenvalue weighted by Crippen LogP contribution is -2.40. The minimum absolute atomic E-state index is 0.0164. The lowest BCUT2D eigenvalue weighted by molar-refractivity contribution is 0.0925. The summed E-state index contributed by atoms with van der Waals surface area (Å²) >= 11 is 0. The number of benzene rings is 1. The zero-order chi connectivity index (χ0) is 22.6. The van der Waals surface area contributed by atoms with Crippen LogP contribution in [-0.2, 0) is 0 Å². The van der Waals surface area contributed by atoms with E-state index >= 15 is 0 Å². The van der Waals surface area contributed by atoms with Crippen LogP contribution in [0.4, 0.5) is 0 Å². The molecule has 31 heavy (non-hydrogen) atoms. The van der Waals surface area contributed by atoms with Gasteiger partial charge in [-0.2, -0.15) is 0 Å². The van der Waals surface area contributed by atoms with Crippen LogP contribution in [0, 0.1) is 6.92 Å². The second-order valence-electron chi connectivity index (χ2n) is 6.98. The number of hydrogen-bond donors (Lipinski definition) is 3. The molecule has 2 rings (SSSR count). The van der Waals surface area contributed by atoms with E-state index in [1.54, 1.807) is 13.1 Å². The van der Waals surface area contributed by atoms with E-state index in [2.05, 4.69) is 27.9 Å². The van der Waals surface area contributed by atoms with Gasteiger partial charge in [0.2, 0.25) is 0 Å². The number of carbonyl (C=O) groups excluding carboxylic acids is 1. The summed E-state index contributed by atoms with van der Waals surface area (Å²) in [7, 11) is 1.73. The zero-order valence-electron chi connectivity index (χ0n) is 19.1. The predicted molar refractivity (Wildman–Crippen MR) is 122 cm³/mol. The van der Waals surface area contributed by atoms with Gasteiger partial charge in [0.25, 0.3) is 5.91 Å². The van der Waals surface area contributed by atoms with Crippen LogP contribution in [0.25, 0.3) is 0 Å². The Morgan fingerprint density at radius 2 is 1.81 bits per heavy atom. The van der Waals surface area contributed by atoms with Crippen LogP contribution in [0.1, 0.15) is 54.9 Å². The second-order valence-corrected chi connectivity index (χ2v) is 6.98. The summed E-state index contributed by atoms with van der Waals surface area (Å²) in [6, 6.07) is 7.73. The van der Waals surface area contributed by atoms with Crippen molar-refractivity contribution in [1.82, 2.24) is 16.0 Å². The third-order valence-corrected chi connectivity index (χ3v) is 4.64. The standard InChI is InChI=1S/C23H34N4O4/c1-6-29-19-10-9-18(15-20(19)30-7-2)17(4)27-23(24-5)26-13-8-12-25-22(28)21-16(3)11-14-31-21/h9-11,14-15,17H,6-8,12-13H2,1-5H3,(H,25,28)(H2,24,26,27). The van der Waals surface area contributed by atoms with Crippen molar-refractivity contribution in [2.45, 2.75) is 40.2 Å². The Hall–Kier alpha value is -3.16. The van der Waals surface area contributed by atoms with Crippen LogP contribution >= 0.6 is 0 Å². The highest BCUT2D eigenvalue weighted by atomic mass is 16.5. The van der Waals surface area contributed by atoms with Gasteiger partial charge in [0, 0.05) is 25.7 Å². The molecule has 8 heteroatoms. The van der Waals surface area contributed by atoms with Gasteiger partial charge in [0.1, 0.15) is 0 Å². The molecule has 170 valence electrons. The van der Waals surface area contributed by atoms with Crippen molar-refractivity contribution in [3.05, 3.63) is 47.4 Å². The van der Waals surface area contributed by atoms with Crippen LogP contribution in [-0.4, -0.2) is 45.2 Å². The number of ether oxygens (including phenoxy) is 2. The van der Waals surface area contributed by atoms with Gasteiger partial charge in [0.05, 0.1) is 25.5 Å². The first kappa shape index (κ1) is 24.1. The van der Waals surface area contributed by atoms with Crippen LogP contribution in [0.5, 0.6) is 11.5 Å². The fourth-order valence-corrected chi connectivity index (χ4v) is 3.00. The molecule has 0 radical (unpaired) electrons. The van der Waals surface area contributed by atoms with Gasteiger partial charge in [-0.05, 0) is 57.9 Å². The quantitative estimate of drug-likeness (QED) is 0.287. The maximum Gasteiger partial charge on any atom is 0.287 e. The molecule has 0 spiro atoms. The minimum atomic E-state index is -0.195. The summed E-state index contributed by atoms with van der Waals surface area (Å²) in [6.07, 6.45) is 2.27. The molecule has 1 unspecified atom stereocenters. The number of amides is 1. The number of nitrogens with one attached hydrogen (secondary N) is 3. The molecule has 1 heterocycles. The van der Waals surface area contributed by atoms with Crippen molar-refractivity contribution in [2.75, 3.05) is 33.4 Å². The topological polar surface area (TPSA) is 97.1 Å². The van der Waals surface area contributed by atoms with Gasteiger partial charge in [0.15, 0.2) is 23.2 Å². The first-order valence-corrected chi connectivity index (χ1v) is 10.7. The van der Waals surface area contributed by atoms with E-state index in [9.17, 15) is 4.79 Å². The molecule has 3 N–H and O–H groups in total. The van der Waals surface area contributed by atoms with E-state index in [-0.39, 0.29) is 11.9 Å². The summed E-state index contributed by atoms with van der Waals surface area (Å²) in [6.45, 7) is 10.2. The molecule has 1 aromatic heterocycles. The summed E-state index contributed by atoms with van der Waals surface area (Å²) in [5, 5.41) is 9.50. The normalized spacial score (nSPS) is 12.2. The van der Waals surface area contributed by atoms with Gasteiger partial charge in [-0.25, -0.2) is 0 Å². The highest BCUT2D eigenvalue weighted by molar-refractivity contribution is 5.92. The molecule has 0 saturated heterocycles. The van der Waals surface area contributed by atoms with Crippen LogP contribution in [0.2, 0.25) is 0 Å². The number of carbonyl (C=O) groups is 1. The zero-order valence-corrected chi connectivity index (χ0v) is 19.1. The second kappa shape index (κ2) is 12.5. The highest BCUT2D eigenvalue weighted by Gasteiger charge is 2.13. The van der Waals surface area contributed by atoms with Crippen LogP contribution in [0.3, 0.4) is 0 Å². The van der Waals surface area contributed by atoms with Crippen molar-refractivity contribution >= 4 is 11.9 Å². The number of aliphatic imine (C=N–C) groups is 1. The highest BCUT2D eigenvalue weighted by Crippen LogP contribution is 2.30. The third kappa shape index (κ3) is 7.24. The minimum Gasteiger partial charge on any atom is -0.490 e. The molecule has 0 saturated carbocycles. The Kier molecular flexibility index (Phi) is 9.74. The number of rotatable bonds is 11. The molecular formula is C23H34N4O4. The predicted octanol–water partition coefficient (Wildman–Crippen LogP) is 3.43. The Balaban J connectivity index is 1.81. The molecule has 1 aromatic carbocycles. The first-order chi connectivity index (χ1) is 15.0. The van der Waals surface area contributed by atoms with Gasteiger partial charge >= 0.3 is 0 Å². The fraction of sp³-hybridized carbons (Fsp3) is 0.478. The average Bonchev–Trinajstić information content (AvgIpc) is 3.19. The molecule has 1 atom stereocenters. The van der Waals surface area contributed by atoms with Gasteiger partial charge in [-0.3, -0.25) is 9.79 Å². The van der Waals surface area contributed by atoms with E-state index < -0.39 is 0 Å². The van der Waals surface area contributed by atoms with Crippen molar-refractivity contribution in [1.29, 1.82) is 0 Å². The van der Waals surface area contributed by atoms with E-state index in [0.29, 0.717) is 38.0 Å². The van der Waals surface area contributed by atoms with Crippen molar-refractivity contribution in [3.63, 3.8) is 0 Å². The summed E-state index contributed by atoms with van der Waals surface area (Å²) in [5.41, 5.74) is 1.90. The van der Waals surface area contributed by atoms with Crippen LogP contribution < -0.4 is 25.4 Å². The number of furan rings is 1. The number of guanidine groups is 1. The Bertz CT molecular complexity index is 863. The molecule has 2 aromatic rings. The number of aryl methyl sites for hydroxylation is 1. The maximum absolute atomic E-state index is 12.0. The number of nitrogens with zero attached hydrogens (tertiary/aromatic N) is 1. The molecule has 0 aliphatic heterocycles. The smallest absolute Gasteiger partial charge is 0.287 e. The molecule has 1 amide bonds. The van der Waals surface area contributed by atoms with E-state index in [0.717, 1.165) is 29.0 Å². The monoisotopic (exact) mass is 430 g/mol. The van der Waals surface area contributed by atoms with E-state index in [1.165, 1.54) is 6.26 Å². The van der Waals surface area contributed by atoms with Crippen molar-refractivity contribution in [2.24, 2.45) is 4.99 Å². The summed E-state index contributed by atoms with van der Waals surface area (Å²) in [4.78, 5) is 16.3. The van der Waals surface area contributed by atoms with Gasteiger partial charge in [-0.1, -0.05) is 6.07 Å². The van der Waals surface area contributed by atoms with Gasteiger partial charge < -0.3 is 29.8 Å². The molecule has 8 nitrogen and oxygen atoms in total. The van der Waals surface area contributed by atoms with Gasteiger partial charge in [-0.15, -0.1) is 0 Å². The first-order valence-electron chi connectivity index (χ1n) is 10.7. The summed E-state index contributed by atoms with van der Waals surface area (Å²) < 4.78 is 16.5. The third-order valence-electron chi connectivity index (χ3n) is 4.64. The maximum atomic E-state index is 12.0. The van der Waals surface area contributed by atoms with Crippen molar-refractivity contribution < 1.29 is 18.7 Å². The van der Waals surface area contributed by atoms with Crippen LogP contribution in [0.15, 0.2) is 39.9 Å². The average molecular weight is 431 g/mol. The molecule has 0 fully saturated rings. The largest absolute Gasteiger partial charge is 0.490 e. The molecule has 0 aliphatic rings. The lowest BCUT2D eigenvalue weighted by atomic mass is 10.1. The fourth-order valence-electron chi connectivity index (χ4n) is 3.00. The van der Waals surface area contributed by atoms with Crippen molar-refractivity contribution in [3.8, 4) is 11.5 Å². The Labute approximate surface area is 184 Å². The van der Waals surface area contributed by atoms with E-state index in [1.807, 2.05) is 39.0 Å². The molecule has 0 bridgehead atoms.